The number of aryl methyl sites for hydroxylation is 2. The molecule has 0 spiro atoms. The first-order valence-electron chi connectivity index (χ1n) is 11.0. The lowest BCUT2D eigenvalue weighted by molar-refractivity contribution is 0.115. The molecular formula is C21H35N5O. The van der Waals surface area contributed by atoms with Gasteiger partial charge in [-0.2, -0.15) is 5.10 Å². The molecular weight excluding hydrogens is 338 g/mol. The Labute approximate surface area is 163 Å². The van der Waals surface area contributed by atoms with E-state index in [1.54, 1.807) is 4.68 Å². The Kier molecular flexibility index (Phi) is 6.58. The Balaban J connectivity index is 1.18. The number of aromatic nitrogens is 2. The van der Waals surface area contributed by atoms with Gasteiger partial charge < -0.3 is 4.90 Å². The molecule has 1 aromatic rings. The van der Waals surface area contributed by atoms with Crippen molar-refractivity contribution in [3.8, 4) is 0 Å². The van der Waals surface area contributed by atoms with Gasteiger partial charge in [-0.3, -0.25) is 14.6 Å². The largest absolute Gasteiger partial charge is 0.302 e. The van der Waals surface area contributed by atoms with Gasteiger partial charge in [0.2, 0.25) is 0 Å². The van der Waals surface area contributed by atoms with Gasteiger partial charge in [0.1, 0.15) is 0 Å². The summed E-state index contributed by atoms with van der Waals surface area (Å²) in [6.45, 7) is 11.2. The topological polar surface area (TPSA) is 44.6 Å². The van der Waals surface area contributed by atoms with Crippen LogP contribution >= 0.6 is 0 Å². The summed E-state index contributed by atoms with van der Waals surface area (Å²) in [5.41, 5.74) is 2.40. The van der Waals surface area contributed by atoms with E-state index in [9.17, 15) is 4.79 Å². The first kappa shape index (κ1) is 19.1. The molecule has 0 atom stereocenters. The van der Waals surface area contributed by atoms with Crippen LogP contribution < -0.4 is 5.56 Å². The van der Waals surface area contributed by atoms with E-state index in [1.807, 2.05) is 6.07 Å². The first-order chi connectivity index (χ1) is 13.3. The fourth-order valence-corrected chi connectivity index (χ4v) is 4.71. The molecule has 150 valence electrons. The number of hydrogen-bond donors (Lipinski definition) is 0. The minimum atomic E-state index is 0.0757. The van der Waals surface area contributed by atoms with Crippen LogP contribution in [0.2, 0.25) is 0 Å². The highest BCUT2D eigenvalue weighted by atomic mass is 16.1. The third kappa shape index (κ3) is 5.18. The molecule has 2 aliphatic heterocycles. The average molecular weight is 374 g/mol. The predicted molar refractivity (Wildman–Crippen MR) is 108 cm³/mol. The number of piperazine rings is 1. The summed E-state index contributed by atoms with van der Waals surface area (Å²) in [6, 6.07) is 1.82. The van der Waals surface area contributed by atoms with E-state index in [1.165, 1.54) is 57.4 Å². The van der Waals surface area contributed by atoms with Crippen molar-refractivity contribution in [1.29, 1.82) is 0 Å². The Morgan fingerprint density at radius 3 is 1.96 bits per heavy atom. The van der Waals surface area contributed by atoms with Crippen molar-refractivity contribution in [3.05, 3.63) is 27.7 Å². The number of fused-ring (bicyclic) bond motifs is 1. The van der Waals surface area contributed by atoms with Gasteiger partial charge in [-0.05, 0) is 50.8 Å². The van der Waals surface area contributed by atoms with Crippen LogP contribution in [0.1, 0.15) is 43.4 Å². The van der Waals surface area contributed by atoms with Crippen molar-refractivity contribution in [3.63, 3.8) is 0 Å². The zero-order valence-electron chi connectivity index (χ0n) is 16.7. The highest BCUT2D eigenvalue weighted by Crippen LogP contribution is 2.17. The molecule has 1 aromatic heterocycles. The van der Waals surface area contributed by atoms with E-state index in [4.69, 9.17) is 0 Å². The van der Waals surface area contributed by atoms with Gasteiger partial charge in [-0.1, -0.05) is 12.8 Å². The maximum absolute atomic E-state index is 12.2. The number of rotatable bonds is 6. The molecule has 0 radical (unpaired) electrons. The Hall–Kier alpha value is -1.24. The summed E-state index contributed by atoms with van der Waals surface area (Å²) in [7, 11) is 0. The van der Waals surface area contributed by atoms with E-state index in [-0.39, 0.29) is 5.56 Å². The summed E-state index contributed by atoms with van der Waals surface area (Å²) in [4.78, 5) is 20.0. The molecule has 0 saturated carbocycles. The quantitative estimate of drug-likeness (QED) is 0.750. The zero-order valence-corrected chi connectivity index (χ0v) is 16.7. The number of hydrogen-bond acceptors (Lipinski definition) is 5. The van der Waals surface area contributed by atoms with E-state index < -0.39 is 0 Å². The minimum Gasteiger partial charge on any atom is -0.302 e. The molecule has 0 bridgehead atoms. The van der Waals surface area contributed by atoms with Crippen LogP contribution in [0.3, 0.4) is 0 Å². The highest BCUT2D eigenvalue weighted by Gasteiger charge is 2.19. The van der Waals surface area contributed by atoms with Gasteiger partial charge in [-0.25, -0.2) is 4.68 Å². The van der Waals surface area contributed by atoms with Gasteiger partial charge in [-0.15, -0.1) is 0 Å². The molecule has 1 aliphatic carbocycles. The molecule has 6 nitrogen and oxygen atoms in total. The lowest BCUT2D eigenvalue weighted by Gasteiger charge is -2.35. The smallest absolute Gasteiger partial charge is 0.267 e. The maximum Gasteiger partial charge on any atom is 0.267 e. The predicted octanol–water partition coefficient (Wildman–Crippen LogP) is 1.23. The first-order valence-corrected chi connectivity index (χ1v) is 11.0. The molecule has 27 heavy (non-hydrogen) atoms. The fourth-order valence-electron chi connectivity index (χ4n) is 4.71. The molecule has 2 saturated heterocycles. The second-order valence-electron chi connectivity index (χ2n) is 8.47. The van der Waals surface area contributed by atoms with Gasteiger partial charge in [0.25, 0.3) is 5.56 Å². The third-order valence-electron chi connectivity index (χ3n) is 6.55. The van der Waals surface area contributed by atoms with Crippen molar-refractivity contribution in [1.82, 2.24) is 24.5 Å². The normalized spacial score (nSPS) is 22.7. The number of likely N-dealkylation sites (tertiary alicyclic amines) is 1. The molecule has 4 rings (SSSR count). The van der Waals surface area contributed by atoms with E-state index >= 15 is 0 Å². The Bertz CT molecular complexity index is 657. The molecule has 2 fully saturated rings. The van der Waals surface area contributed by atoms with Crippen LogP contribution in [-0.4, -0.2) is 83.4 Å². The molecule has 6 heteroatoms. The van der Waals surface area contributed by atoms with Crippen molar-refractivity contribution in [2.75, 3.05) is 58.9 Å². The van der Waals surface area contributed by atoms with Crippen molar-refractivity contribution in [2.24, 2.45) is 0 Å². The summed E-state index contributed by atoms with van der Waals surface area (Å²) < 4.78 is 1.69. The minimum absolute atomic E-state index is 0.0757. The van der Waals surface area contributed by atoms with E-state index in [0.717, 1.165) is 64.2 Å². The lowest BCUT2D eigenvalue weighted by Crippen LogP contribution is -2.49. The number of nitrogens with zero attached hydrogens (tertiary/aromatic N) is 5. The summed E-state index contributed by atoms with van der Waals surface area (Å²) >= 11 is 0. The maximum atomic E-state index is 12.2. The second-order valence-corrected chi connectivity index (χ2v) is 8.47. The Morgan fingerprint density at radius 2 is 1.30 bits per heavy atom. The van der Waals surface area contributed by atoms with Gasteiger partial charge >= 0.3 is 0 Å². The summed E-state index contributed by atoms with van der Waals surface area (Å²) in [5.74, 6) is 0. The molecule has 0 amide bonds. The zero-order chi connectivity index (χ0) is 18.5. The van der Waals surface area contributed by atoms with Crippen molar-refractivity contribution in [2.45, 2.75) is 51.5 Å². The van der Waals surface area contributed by atoms with Crippen LogP contribution in [0.25, 0.3) is 0 Å². The van der Waals surface area contributed by atoms with Gasteiger partial charge in [0.05, 0.1) is 12.2 Å². The molecule has 0 aromatic carbocycles. The average Bonchev–Trinajstić information content (AvgIpc) is 2.97. The monoisotopic (exact) mass is 373 g/mol. The Morgan fingerprint density at radius 1 is 0.704 bits per heavy atom. The molecule has 0 N–H and O–H groups in total. The molecule has 3 aliphatic rings. The summed E-state index contributed by atoms with van der Waals surface area (Å²) in [6.07, 6.45) is 8.79. The molecule has 3 heterocycles. The fraction of sp³-hybridized carbons (Fsp3) is 0.810. The van der Waals surface area contributed by atoms with Crippen molar-refractivity contribution >= 4 is 0 Å². The van der Waals surface area contributed by atoms with Crippen LogP contribution in [0, 0.1) is 0 Å². The van der Waals surface area contributed by atoms with Crippen LogP contribution in [-0.2, 0) is 19.4 Å². The molecule has 0 unspecified atom stereocenters. The summed E-state index contributed by atoms with van der Waals surface area (Å²) in [5, 5.41) is 4.60. The van der Waals surface area contributed by atoms with Gasteiger partial charge in [0, 0.05) is 51.9 Å². The standard InChI is InChI=1S/C21H35N5O/c27-21-18-19-6-5-7-20(19)22-26(21)17-16-25-14-12-24(13-15-25)11-10-23-8-3-1-2-4-9-23/h18H,1-17H2. The third-order valence-corrected chi connectivity index (χ3v) is 6.55. The van der Waals surface area contributed by atoms with Crippen molar-refractivity contribution < 1.29 is 0 Å². The van der Waals surface area contributed by atoms with E-state index in [0.29, 0.717) is 0 Å². The lowest BCUT2D eigenvalue weighted by atomic mass is 10.2. The highest BCUT2D eigenvalue weighted by molar-refractivity contribution is 5.22. The second kappa shape index (κ2) is 9.30. The van der Waals surface area contributed by atoms with Crippen LogP contribution in [0.4, 0.5) is 0 Å². The van der Waals surface area contributed by atoms with Crippen LogP contribution in [0.5, 0.6) is 0 Å². The van der Waals surface area contributed by atoms with Crippen LogP contribution in [0.15, 0.2) is 10.9 Å². The van der Waals surface area contributed by atoms with Gasteiger partial charge in [0.15, 0.2) is 0 Å². The van der Waals surface area contributed by atoms with E-state index in [2.05, 4.69) is 19.8 Å². The SMILES string of the molecule is O=c1cc2c(nn1CCN1CCN(CCN3CCCCCC3)CC1)CCC2.